The summed E-state index contributed by atoms with van der Waals surface area (Å²) in [6.45, 7) is 17.9. The van der Waals surface area contributed by atoms with Crippen LogP contribution >= 0.6 is 0 Å². The van der Waals surface area contributed by atoms with Gasteiger partial charge in [0.15, 0.2) is 0 Å². The van der Waals surface area contributed by atoms with Gasteiger partial charge in [0, 0.05) is 15.1 Å². The average molecular weight is 463 g/mol. The lowest BCUT2D eigenvalue weighted by Gasteiger charge is -2.62. The van der Waals surface area contributed by atoms with Crippen molar-refractivity contribution in [3.05, 3.63) is 0 Å². The molecule has 4 aliphatic rings. The van der Waals surface area contributed by atoms with Crippen molar-refractivity contribution in [2.45, 2.75) is 137 Å². The minimum atomic E-state index is 0. The zero-order valence-electron chi connectivity index (χ0n) is 23.5. The van der Waals surface area contributed by atoms with Gasteiger partial charge < -0.3 is 9.47 Å². The number of rotatable bonds is 8. The summed E-state index contributed by atoms with van der Waals surface area (Å²) in [7, 11) is 1.86. The van der Waals surface area contributed by atoms with E-state index in [2.05, 4.69) is 48.5 Å². The molecule has 2 nitrogen and oxygen atoms in total. The molecule has 0 N–H and O–H groups in total. The van der Waals surface area contributed by atoms with Gasteiger partial charge in [0.25, 0.3) is 0 Å². The Morgan fingerprint density at radius 1 is 0.939 bits per heavy atom. The van der Waals surface area contributed by atoms with Gasteiger partial charge >= 0.3 is 0 Å². The Morgan fingerprint density at radius 2 is 1.67 bits per heavy atom. The minimum Gasteiger partial charge on any atom is -0.379 e. The highest BCUT2D eigenvalue weighted by atomic mass is 16.5. The Hall–Kier alpha value is -0.0800. The van der Waals surface area contributed by atoms with Crippen molar-refractivity contribution in [2.75, 3.05) is 13.7 Å². The largest absolute Gasteiger partial charge is 0.379 e. The number of fused-ring (bicyclic) bond motifs is 5. The van der Waals surface area contributed by atoms with Crippen LogP contribution in [0.3, 0.4) is 0 Å². The molecule has 33 heavy (non-hydrogen) atoms. The van der Waals surface area contributed by atoms with E-state index in [-0.39, 0.29) is 12.6 Å². The van der Waals surface area contributed by atoms with E-state index in [0.29, 0.717) is 10.8 Å². The summed E-state index contributed by atoms with van der Waals surface area (Å²) in [5, 5.41) is 0. The smallest absolute Gasteiger partial charge is 0.0657 e. The molecular formula is C31H58O2. The number of ether oxygens (including phenoxy) is 2. The molecule has 194 valence electrons. The number of methoxy groups -OCH3 is 1. The van der Waals surface area contributed by atoms with Crippen LogP contribution in [0.4, 0.5) is 0 Å². The Labute approximate surface area is 207 Å². The maximum Gasteiger partial charge on any atom is 0.0657 e. The molecule has 9 atom stereocenters. The molecule has 4 saturated carbocycles. The van der Waals surface area contributed by atoms with Crippen LogP contribution in [0.1, 0.15) is 127 Å². The predicted octanol–water partition coefficient (Wildman–Crippen LogP) is 8.92. The van der Waals surface area contributed by atoms with E-state index in [1.54, 1.807) is 0 Å². The van der Waals surface area contributed by atoms with Crippen molar-refractivity contribution in [1.29, 1.82) is 0 Å². The van der Waals surface area contributed by atoms with Gasteiger partial charge in [-0.2, -0.15) is 0 Å². The highest BCUT2D eigenvalue weighted by molar-refractivity contribution is 5.10. The molecule has 0 heterocycles. The summed E-state index contributed by atoms with van der Waals surface area (Å²) in [6.07, 6.45) is 16.8. The zero-order chi connectivity index (χ0) is 24.1. The standard InChI is InChI=1S/C31H56O2.H2/c1-9-33-29(5)19-20-30(6)23(21-29)12-13-24-26-15-14-25(31(26,7)18-16-27(24)30)22(2)11-10-17-28(3,4)32-8;/h22-27H,9-21H2,1-8H3;1H/t22-,23+,24+,25?,26+,27+,29+,30+,31-;/m1./s1. The van der Waals surface area contributed by atoms with Gasteiger partial charge in [0.05, 0.1) is 11.2 Å². The van der Waals surface area contributed by atoms with Crippen LogP contribution < -0.4 is 0 Å². The monoisotopic (exact) mass is 462 g/mol. The highest BCUT2D eigenvalue weighted by Gasteiger charge is 2.61. The summed E-state index contributed by atoms with van der Waals surface area (Å²) in [5.41, 5.74) is 1.33. The Morgan fingerprint density at radius 3 is 2.36 bits per heavy atom. The molecule has 0 bridgehead atoms. The molecule has 0 saturated heterocycles. The van der Waals surface area contributed by atoms with Gasteiger partial charge in [-0.3, -0.25) is 0 Å². The fourth-order valence-corrected chi connectivity index (χ4v) is 10.0. The average Bonchev–Trinajstić information content (AvgIpc) is 3.11. The second kappa shape index (κ2) is 9.42. The first kappa shape index (κ1) is 26.0. The van der Waals surface area contributed by atoms with Crippen LogP contribution in [0.15, 0.2) is 0 Å². The molecule has 4 fully saturated rings. The van der Waals surface area contributed by atoms with E-state index in [1.165, 1.54) is 77.0 Å². The van der Waals surface area contributed by atoms with Crippen LogP contribution in [0.25, 0.3) is 0 Å². The van der Waals surface area contributed by atoms with E-state index >= 15 is 0 Å². The second-order valence-corrected chi connectivity index (χ2v) is 14.3. The van der Waals surface area contributed by atoms with Crippen molar-refractivity contribution in [2.24, 2.45) is 46.3 Å². The summed E-state index contributed by atoms with van der Waals surface area (Å²) in [5.74, 6) is 5.62. The van der Waals surface area contributed by atoms with Crippen LogP contribution in [0.5, 0.6) is 0 Å². The lowest BCUT2D eigenvalue weighted by Crippen LogP contribution is -2.56. The van der Waals surface area contributed by atoms with Crippen LogP contribution in [0, 0.1) is 46.3 Å². The molecular weight excluding hydrogens is 404 g/mol. The molecule has 0 radical (unpaired) electrons. The topological polar surface area (TPSA) is 18.5 Å². The first-order valence-electron chi connectivity index (χ1n) is 14.7. The van der Waals surface area contributed by atoms with Crippen LogP contribution in [0.2, 0.25) is 0 Å². The van der Waals surface area contributed by atoms with E-state index in [9.17, 15) is 0 Å². The van der Waals surface area contributed by atoms with Gasteiger partial charge in [-0.1, -0.05) is 33.6 Å². The molecule has 4 aliphatic carbocycles. The molecule has 0 aromatic carbocycles. The molecule has 0 amide bonds. The third-order valence-corrected chi connectivity index (χ3v) is 12.2. The summed E-state index contributed by atoms with van der Waals surface area (Å²) in [4.78, 5) is 0. The van der Waals surface area contributed by atoms with Crippen LogP contribution in [-0.4, -0.2) is 24.9 Å². The summed E-state index contributed by atoms with van der Waals surface area (Å²) < 4.78 is 12.0. The van der Waals surface area contributed by atoms with E-state index in [1.807, 2.05) is 7.11 Å². The van der Waals surface area contributed by atoms with Gasteiger partial charge in [0.2, 0.25) is 0 Å². The van der Waals surface area contributed by atoms with Gasteiger partial charge in [0.1, 0.15) is 0 Å². The summed E-state index contributed by atoms with van der Waals surface area (Å²) in [6, 6.07) is 0. The van der Waals surface area contributed by atoms with Crippen molar-refractivity contribution in [1.82, 2.24) is 0 Å². The van der Waals surface area contributed by atoms with Crippen molar-refractivity contribution < 1.29 is 10.9 Å². The summed E-state index contributed by atoms with van der Waals surface area (Å²) >= 11 is 0. The minimum absolute atomic E-state index is 0. The molecule has 1 unspecified atom stereocenters. The van der Waals surface area contributed by atoms with E-state index in [4.69, 9.17) is 9.47 Å². The first-order valence-corrected chi connectivity index (χ1v) is 14.7. The fourth-order valence-electron chi connectivity index (χ4n) is 10.0. The Bertz CT molecular complexity index is 678. The highest BCUT2D eigenvalue weighted by Crippen LogP contribution is 2.69. The number of hydrogen-bond donors (Lipinski definition) is 0. The molecule has 2 heteroatoms. The van der Waals surface area contributed by atoms with Crippen molar-refractivity contribution >= 4 is 0 Å². The molecule has 4 rings (SSSR count). The first-order chi connectivity index (χ1) is 15.5. The van der Waals surface area contributed by atoms with Crippen molar-refractivity contribution in [3.8, 4) is 0 Å². The maximum atomic E-state index is 6.28. The third kappa shape index (κ3) is 4.71. The van der Waals surface area contributed by atoms with Gasteiger partial charge in [-0.15, -0.1) is 0 Å². The van der Waals surface area contributed by atoms with Crippen molar-refractivity contribution in [3.63, 3.8) is 0 Å². The molecule has 0 aromatic heterocycles. The fraction of sp³-hybridized carbons (Fsp3) is 1.00. The van der Waals surface area contributed by atoms with E-state index < -0.39 is 0 Å². The second-order valence-electron chi connectivity index (χ2n) is 14.3. The Balaban J connectivity index is 0.00000324. The predicted molar refractivity (Wildman–Crippen MR) is 141 cm³/mol. The number of hydrogen-bond acceptors (Lipinski definition) is 2. The van der Waals surface area contributed by atoms with E-state index in [0.717, 1.165) is 42.1 Å². The maximum absolute atomic E-state index is 6.28. The third-order valence-electron chi connectivity index (χ3n) is 12.2. The van der Waals surface area contributed by atoms with Crippen LogP contribution in [-0.2, 0) is 9.47 Å². The molecule has 0 spiro atoms. The molecule has 0 aliphatic heterocycles. The Kier molecular flexibility index (Phi) is 7.42. The van der Waals surface area contributed by atoms with Gasteiger partial charge in [-0.25, -0.2) is 0 Å². The SMILES string of the molecule is CCO[C@@]1(C)CC[C@@]2(C)[C@@H](CC[C@@H]3[C@@H]2CC[C@]2(C)C([C@H](C)CCCC(C)(C)OC)CC[C@@H]32)C1.[HH]. The lowest BCUT2D eigenvalue weighted by atomic mass is 9.43. The quantitative estimate of drug-likeness (QED) is 0.358. The molecule has 0 aromatic rings. The zero-order valence-corrected chi connectivity index (χ0v) is 23.5. The van der Waals surface area contributed by atoms with Gasteiger partial charge in [-0.05, 0) is 138 Å². The lowest BCUT2D eigenvalue weighted by molar-refractivity contribution is -0.161. The normalized spacial score (nSPS) is 46.4.